The highest BCUT2D eigenvalue weighted by Gasteiger charge is 2.21. The summed E-state index contributed by atoms with van der Waals surface area (Å²) in [6.07, 6.45) is 0. The summed E-state index contributed by atoms with van der Waals surface area (Å²) >= 11 is 0. The van der Waals surface area contributed by atoms with E-state index in [2.05, 4.69) is 5.32 Å². The molecular formula is C29H30N4O6. The number of benzene rings is 3. The van der Waals surface area contributed by atoms with Gasteiger partial charge in [-0.3, -0.25) is 23.5 Å². The molecule has 10 heteroatoms. The molecule has 0 spiro atoms. The van der Waals surface area contributed by atoms with Gasteiger partial charge in [0.15, 0.2) is 11.5 Å². The number of hydrogen-bond acceptors (Lipinski definition) is 6. The molecule has 0 saturated carbocycles. The summed E-state index contributed by atoms with van der Waals surface area (Å²) in [6.45, 7) is 1.56. The van der Waals surface area contributed by atoms with Crippen molar-refractivity contribution in [3.8, 4) is 11.5 Å². The molecule has 1 heterocycles. The summed E-state index contributed by atoms with van der Waals surface area (Å²) in [5, 5.41) is 2.75. The van der Waals surface area contributed by atoms with Crippen LogP contribution < -0.4 is 30.9 Å². The average molecular weight is 531 g/mol. The van der Waals surface area contributed by atoms with Crippen LogP contribution in [0, 0.1) is 6.92 Å². The summed E-state index contributed by atoms with van der Waals surface area (Å²) in [4.78, 5) is 54.1. The lowest BCUT2D eigenvalue weighted by Crippen LogP contribution is -2.43. The molecule has 3 aromatic carbocycles. The molecule has 0 saturated heterocycles. The van der Waals surface area contributed by atoms with Crippen LogP contribution in [-0.4, -0.2) is 49.3 Å². The number of carbonyl (C=O) groups excluding carboxylic acids is 2. The van der Waals surface area contributed by atoms with Crippen molar-refractivity contribution in [2.75, 3.05) is 33.2 Å². The fourth-order valence-electron chi connectivity index (χ4n) is 4.35. The Morgan fingerprint density at radius 1 is 0.923 bits per heavy atom. The zero-order valence-corrected chi connectivity index (χ0v) is 22.5. The van der Waals surface area contributed by atoms with E-state index < -0.39 is 11.2 Å². The molecule has 0 radical (unpaired) electrons. The van der Waals surface area contributed by atoms with Crippen molar-refractivity contribution in [3.05, 3.63) is 98.2 Å². The van der Waals surface area contributed by atoms with Gasteiger partial charge in [0.25, 0.3) is 11.5 Å². The Morgan fingerprint density at radius 2 is 1.59 bits per heavy atom. The third-order valence-corrected chi connectivity index (χ3v) is 6.57. The van der Waals surface area contributed by atoms with Crippen LogP contribution in [0.5, 0.6) is 11.5 Å². The van der Waals surface area contributed by atoms with Crippen LogP contribution in [0.4, 0.5) is 5.69 Å². The maximum Gasteiger partial charge on any atom is 0.332 e. The number of rotatable bonds is 8. The third-order valence-electron chi connectivity index (χ3n) is 6.57. The molecule has 2 amide bonds. The zero-order valence-electron chi connectivity index (χ0n) is 22.5. The van der Waals surface area contributed by atoms with Crippen molar-refractivity contribution in [2.24, 2.45) is 0 Å². The molecule has 4 aromatic rings. The number of ether oxygens (including phenoxy) is 2. The van der Waals surface area contributed by atoms with E-state index in [0.717, 1.165) is 10.1 Å². The van der Waals surface area contributed by atoms with Crippen molar-refractivity contribution in [2.45, 2.75) is 20.0 Å². The van der Waals surface area contributed by atoms with E-state index in [1.54, 1.807) is 31.3 Å². The standard InChI is InChI=1S/C29H30N4O6/c1-18-7-6-8-21(13-18)31(3)26(34)17-32-23-15-25(39-5)24(38-4)14-22(23)28(36)33(29(32)37)16-19-9-11-20(12-10-19)27(35)30-2/h6-15H,16-17H2,1-5H3,(H,30,35). The number of likely N-dealkylation sites (N-methyl/N-ethyl adjacent to an activating group) is 1. The minimum Gasteiger partial charge on any atom is -0.493 e. The number of aromatic nitrogens is 2. The summed E-state index contributed by atoms with van der Waals surface area (Å²) < 4.78 is 13.1. The molecule has 0 aliphatic carbocycles. The second kappa shape index (κ2) is 11.3. The predicted molar refractivity (Wildman–Crippen MR) is 149 cm³/mol. The molecular weight excluding hydrogens is 500 g/mol. The first-order valence-corrected chi connectivity index (χ1v) is 12.2. The van der Waals surface area contributed by atoms with Gasteiger partial charge in [0.05, 0.1) is 31.7 Å². The first-order chi connectivity index (χ1) is 18.7. The number of carbonyl (C=O) groups is 2. The maximum absolute atomic E-state index is 13.8. The monoisotopic (exact) mass is 530 g/mol. The van der Waals surface area contributed by atoms with Gasteiger partial charge in [-0.05, 0) is 48.4 Å². The van der Waals surface area contributed by atoms with Gasteiger partial charge in [0.2, 0.25) is 5.91 Å². The van der Waals surface area contributed by atoms with E-state index in [-0.39, 0.29) is 35.8 Å². The van der Waals surface area contributed by atoms with Crippen molar-refractivity contribution < 1.29 is 19.1 Å². The molecule has 4 rings (SSSR count). The third kappa shape index (κ3) is 5.40. The molecule has 10 nitrogen and oxygen atoms in total. The molecule has 0 aliphatic rings. The lowest BCUT2D eigenvalue weighted by atomic mass is 10.1. The van der Waals surface area contributed by atoms with E-state index in [9.17, 15) is 19.2 Å². The van der Waals surface area contributed by atoms with Gasteiger partial charge >= 0.3 is 5.69 Å². The first kappa shape index (κ1) is 27.2. The van der Waals surface area contributed by atoms with Gasteiger partial charge in [-0.1, -0.05) is 24.3 Å². The largest absolute Gasteiger partial charge is 0.493 e. The normalized spacial score (nSPS) is 10.8. The van der Waals surface area contributed by atoms with Crippen molar-refractivity contribution >= 4 is 28.4 Å². The number of fused-ring (bicyclic) bond motifs is 1. The second-order valence-electron chi connectivity index (χ2n) is 9.05. The Labute approximate surface area is 225 Å². The lowest BCUT2D eigenvalue weighted by Gasteiger charge is -2.20. The number of amides is 2. The van der Waals surface area contributed by atoms with Gasteiger partial charge in [-0.2, -0.15) is 0 Å². The highest BCUT2D eigenvalue weighted by Crippen LogP contribution is 2.30. The van der Waals surface area contributed by atoms with Gasteiger partial charge in [-0.25, -0.2) is 4.79 Å². The summed E-state index contributed by atoms with van der Waals surface area (Å²) in [5.74, 6) is 0.0412. The van der Waals surface area contributed by atoms with E-state index >= 15 is 0 Å². The van der Waals surface area contributed by atoms with Crippen molar-refractivity contribution in [3.63, 3.8) is 0 Å². The molecule has 202 valence electrons. The number of hydrogen-bond donors (Lipinski definition) is 1. The average Bonchev–Trinajstić information content (AvgIpc) is 2.96. The molecule has 0 fully saturated rings. The van der Waals surface area contributed by atoms with Crippen LogP contribution in [0.1, 0.15) is 21.5 Å². The number of aryl methyl sites for hydroxylation is 1. The molecule has 0 aliphatic heterocycles. The Hall–Kier alpha value is -4.86. The fraction of sp³-hybridized carbons (Fsp3) is 0.241. The Bertz CT molecular complexity index is 1670. The highest BCUT2D eigenvalue weighted by molar-refractivity contribution is 5.94. The smallest absolute Gasteiger partial charge is 0.332 e. The number of methoxy groups -OCH3 is 2. The van der Waals surface area contributed by atoms with E-state index in [1.807, 2.05) is 31.2 Å². The van der Waals surface area contributed by atoms with Gasteiger partial charge in [0.1, 0.15) is 6.54 Å². The van der Waals surface area contributed by atoms with E-state index in [4.69, 9.17) is 9.47 Å². The molecule has 1 N–H and O–H groups in total. The van der Waals surface area contributed by atoms with Crippen LogP contribution in [0.25, 0.3) is 10.9 Å². The SMILES string of the molecule is CNC(=O)c1ccc(Cn2c(=O)c3cc(OC)c(OC)cc3n(CC(=O)N(C)c3cccc(C)c3)c2=O)cc1. The van der Waals surface area contributed by atoms with Crippen LogP contribution in [0.15, 0.2) is 70.3 Å². The molecule has 1 aromatic heterocycles. The fourth-order valence-corrected chi connectivity index (χ4v) is 4.35. The van der Waals surface area contributed by atoms with Crippen LogP contribution in [0.2, 0.25) is 0 Å². The van der Waals surface area contributed by atoms with Crippen molar-refractivity contribution in [1.82, 2.24) is 14.5 Å². The summed E-state index contributed by atoms with van der Waals surface area (Å²) in [5.41, 5.74) is 1.81. The quantitative estimate of drug-likeness (QED) is 0.375. The van der Waals surface area contributed by atoms with Gasteiger partial charge < -0.3 is 19.7 Å². The zero-order chi connectivity index (χ0) is 28.3. The highest BCUT2D eigenvalue weighted by atomic mass is 16.5. The lowest BCUT2D eigenvalue weighted by molar-refractivity contribution is -0.118. The maximum atomic E-state index is 13.8. The Morgan fingerprint density at radius 3 is 2.21 bits per heavy atom. The van der Waals surface area contributed by atoms with Crippen LogP contribution >= 0.6 is 0 Å². The molecule has 39 heavy (non-hydrogen) atoms. The second-order valence-corrected chi connectivity index (χ2v) is 9.05. The Kier molecular flexibility index (Phi) is 7.85. The van der Waals surface area contributed by atoms with E-state index in [1.165, 1.54) is 42.9 Å². The van der Waals surface area contributed by atoms with Crippen LogP contribution in [0.3, 0.4) is 0 Å². The van der Waals surface area contributed by atoms with Gasteiger partial charge in [0, 0.05) is 31.4 Å². The predicted octanol–water partition coefficient (Wildman–Crippen LogP) is 2.56. The summed E-state index contributed by atoms with van der Waals surface area (Å²) in [7, 11) is 6.07. The molecule has 0 unspecified atom stereocenters. The summed E-state index contributed by atoms with van der Waals surface area (Å²) in [6, 6.07) is 17.1. The number of nitrogens with zero attached hydrogens (tertiary/aromatic N) is 3. The minimum absolute atomic E-state index is 0.0577. The molecule has 0 atom stereocenters. The van der Waals surface area contributed by atoms with Crippen molar-refractivity contribution in [1.29, 1.82) is 0 Å². The number of nitrogens with one attached hydrogen (secondary N) is 1. The minimum atomic E-state index is -0.652. The first-order valence-electron chi connectivity index (χ1n) is 12.2. The van der Waals surface area contributed by atoms with Gasteiger partial charge in [-0.15, -0.1) is 0 Å². The topological polar surface area (TPSA) is 112 Å². The van der Waals surface area contributed by atoms with E-state index in [0.29, 0.717) is 28.3 Å². The molecule has 0 bridgehead atoms. The van der Waals surface area contributed by atoms with Crippen LogP contribution in [-0.2, 0) is 17.9 Å². The Balaban J connectivity index is 1.85. The number of anilines is 1.